The van der Waals surface area contributed by atoms with Gasteiger partial charge in [0.15, 0.2) is 5.82 Å². The van der Waals surface area contributed by atoms with Gasteiger partial charge in [0.1, 0.15) is 10.8 Å². The zero-order valence-corrected chi connectivity index (χ0v) is 13.6. The molecule has 0 unspecified atom stereocenters. The second-order valence-electron chi connectivity index (χ2n) is 6.29. The number of hydrogen-bond donors (Lipinski definition) is 1. The Bertz CT molecular complexity index is 613. The molecule has 6 nitrogen and oxygen atoms in total. The van der Waals surface area contributed by atoms with Crippen molar-refractivity contribution in [2.45, 2.75) is 32.4 Å². The lowest BCUT2D eigenvalue weighted by Crippen LogP contribution is -2.41. The van der Waals surface area contributed by atoms with E-state index in [-0.39, 0.29) is 6.10 Å². The first-order chi connectivity index (χ1) is 10.8. The number of aromatic nitrogens is 4. The van der Waals surface area contributed by atoms with Crippen molar-refractivity contribution in [1.29, 1.82) is 0 Å². The average molecular weight is 319 g/mol. The number of rotatable bonds is 4. The van der Waals surface area contributed by atoms with Crippen LogP contribution in [0.15, 0.2) is 11.6 Å². The van der Waals surface area contributed by atoms with Crippen molar-refractivity contribution >= 4 is 11.3 Å². The van der Waals surface area contributed by atoms with E-state index in [1.807, 2.05) is 13.1 Å². The maximum absolute atomic E-state index is 6.06. The van der Waals surface area contributed by atoms with Crippen molar-refractivity contribution in [1.82, 2.24) is 25.1 Å². The van der Waals surface area contributed by atoms with Crippen LogP contribution in [0, 0.1) is 18.8 Å². The fraction of sp³-hybridized carbons (Fsp3) is 0.667. The predicted molar refractivity (Wildman–Crippen MR) is 83.6 cm³/mol. The van der Waals surface area contributed by atoms with Crippen LogP contribution in [-0.4, -0.2) is 50.9 Å². The molecule has 0 spiro atoms. The number of nitrogens with zero attached hydrogens (tertiary/aromatic N) is 4. The Morgan fingerprint density at radius 3 is 3.23 bits per heavy atom. The third-order valence-electron chi connectivity index (χ3n) is 4.75. The van der Waals surface area contributed by atoms with Crippen LogP contribution in [0.2, 0.25) is 0 Å². The van der Waals surface area contributed by atoms with Gasteiger partial charge in [-0.1, -0.05) is 0 Å². The van der Waals surface area contributed by atoms with E-state index >= 15 is 0 Å². The van der Waals surface area contributed by atoms with Crippen LogP contribution < -0.4 is 0 Å². The second-order valence-corrected chi connectivity index (χ2v) is 7.27. The maximum Gasteiger partial charge on any atom is 0.153 e. The number of aromatic amines is 1. The van der Waals surface area contributed by atoms with E-state index in [9.17, 15) is 0 Å². The van der Waals surface area contributed by atoms with Gasteiger partial charge in [-0.2, -0.15) is 5.10 Å². The van der Waals surface area contributed by atoms with Crippen molar-refractivity contribution in [3.63, 3.8) is 0 Å². The highest BCUT2D eigenvalue weighted by molar-refractivity contribution is 7.09. The summed E-state index contributed by atoms with van der Waals surface area (Å²) in [6, 6.07) is 0. The van der Waals surface area contributed by atoms with Gasteiger partial charge in [-0.25, -0.2) is 9.97 Å². The quantitative estimate of drug-likeness (QED) is 0.928. The summed E-state index contributed by atoms with van der Waals surface area (Å²) < 4.78 is 6.06. The minimum absolute atomic E-state index is 0.280. The smallest absolute Gasteiger partial charge is 0.153 e. The number of H-pyrrole nitrogens is 1. The Morgan fingerprint density at radius 1 is 1.50 bits per heavy atom. The molecule has 0 aliphatic carbocycles. The summed E-state index contributed by atoms with van der Waals surface area (Å²) >= 11 is 1.74. The van der Waals surface area contributed by atoms with Crippen LogP contribution in [0.25, 0.3) is 0 Å². The summed E-state index contributed by atoms with van der Waals surface area (Å²) in [7, 11) is 0. The van der Waals surface area contributed by atoms with Crippen LogP contribution in [-0.2, 0) is 17.7 Å². The Morgan fingerprint density at radius 2 is 2.45 bits per heavy atom. The highest BCUT2D eigenvalue weighted by Crippen LogP contribution is 2.36. The molecule has 0 saturated carbocycles. The van der Waals surface area contributed by atoms with E-state index in [0.29, 0.717) is 11.8 Å². The van der Waals surface area contributed by atoms with Gasteiger partial charge in [-0.3, -0.25) is 10.00 Å². The minimum atomic E-state index is 0.280. The summed E-state index contributed by atoms with van der Waals surface area (Å²) in [5.74, 6) is 3.04. The monoisotopic (exact) mass is 319 g/mol. The summed E-state index contributed by atoms with van der Waals surface area (Å²) in [6.07, 6.45) is 4.20. The predicted octanol–water partition coefficient (Wildman–Crippen LogP) is 1.65. The summed E-state index contributed by atoms with van der Waals surface area (Å²) in [6.45, 7) is 6.03. The summed E-state index contributed by atoms with van der Waals surface area (Å²) in [4.78, 5) is 11.3. The van der Waals surface area contributed by atoms with E-state index in [2.05, 4.69) is 30.4 Å². The van der Waals surface area contributed by atoms with Gasteiger partial charge in [0, 0.05) is 30.5 Å². The van der Waals surface area contributed by atoms with Crippen molar-refractivity contribution < 1.29 is 4.74 Å². The number of nitrogens with one attached hydrogen (secondary N) is 1. The zero-order chi connectivity index (χ0) is 14.9. The molecule has 0 radical (unpaired) electrons. The third-order valence-corrected chi connectivity index (χ3v) is 5.51. The van der Waals surface area contributed by atoms with Crippen molar-refractivity contribution in [2.75, 3.05) is 19.7 Å². The molecule has 4 heterocycles. The van der Waals surface area contributed by atoms with Crippen molar-refractivity contribution in [2.24, 2.45) is 11.8 Å². The first-order valence-electron chi connectivity index (χ1n) is 7.88. The van der Waals surface area contributed by atoms with Crippen molar-refractivity contribution in [3.05, 3.63) is 28.2 Å². The zero-order valence-electron chi connectivity index (χ0n) is 12.7. The number of likely N-dealkylation sites (tertiary alicyclic amines) is 1. The fourth-order valence-corrected chi connectivity index (χ4v) is 4.36. The molecule has 2 aliphatic rings. The largest absolute Gasteiger partial charge is 0.377 e. The van der Waals surface area contributed by atoms with Crippen LogP contribution in [0.3, 0.4) is 0 Å². The molecule has 2 aromatic rings. The molecule has 0 bridgehead atoms. The number of ether oxygens (including phenoxy) is 1. The Hall–Kier alpha value is -1.31. The number of hydrogen-bond acceptors (Lipinski definition) is 6. The van der Waals surface area contributed by atoms with Gasteiger partial charge in [-0.05, 0) is 25.8 Å². The Balaban J connectivity index is 1.35. The lowest BCUT2D eigenvalue weighted by Gasteiger charge is -2.35. The molecule has 2 aliphatic heterocycles. The fourth-order valence-electron chi connectivity index (χ4n) is 3.70. The van der Waals surface area contributed by atoms with E-state index in [1.54, 1.807) is 11.3 Å². The molecule has 2 aromatic heterocycles. The van der Waals surface area contributed by atoms with Crippen LogP contribution in [0.5, 0.6) is 0 Å². The van der Waals surface area contributed by atoms with Crippen molar-refractivity contribution in [3.8, 4) is 0 Å². The SMILES string of the molecule is Cc1nc(C[C@@H]2OC[C@H]3CN(Cc4nccs4)CC[C@H]32)n[nH]1. The number of piperidine rings is 1. The van der Waals surface area contributed by atoms with Gasteiger partial charge in [0.25, 0.3) is 0 Å². The highest BCUT2D eigenvalue weighted by atomic mass is 32.1. The molecule has 0 amide bonds. The number of thiazole rings is 1. The normalized spacial score (nSPS) is 28.9. The third kappa shape index (κ3) is 2.93. The molecule has 2 saturated heterocycles. The van der Waals surface area contributed by atoms with Crippen LogP contribution >= 0.6 is 11.3 Å². The second kappa shape index (κ2) is 6.06. The number of fused-ring (bicyclic) bond motifs is 1. The standard InChI is InChI=1S/C15H21N5OS/c1-10-17-14(19-18-10)6-13-12-2-4-20(7-11(12)9-21-13)8-15-16-3-5-22-15/h3,5,11-13H,2,4,6-9H2,1H3,(H,17,18,19)/t11-,12-,13+/m1/s1. The van der Waals surface area contributed by atoms with E-state index < -0.39 is 0 Å². The molecule has 2 fully saturated rings. The van der Waals surface area contributed by atoms with E-state index in [1.165, 1.54) is 11.4 Å². The molecule has 118 valence electrons. The Kier molecular flexibility index (Phi) is 3.94. The molecule has 0 aromatic carbocycles. The lowest BCUT2D eigenvalue weighted by molar-refractivity contribution is 0.0834. The van der Waals surface area contributed by atoms with Gasteiger partial charge < -0.3 is 4.74 Å². The lowest BCUT2D eigenvalue weighted by atomic mass is 9.83. The molecule has 1 N–H and O–H groups in total. The van der Waals surface area contributed by atoms with E-state index in [4.69, 9.17) is 4.74 Å². The average Bonchev–Trinajstić information content (AvgIpc) is 3.23. The number of aryl methyl sites for hydroxylation is 1. The summed E-state index contributed by atoms with van der Waals surface area (Å²) in [5.41, 5.74) is 0. The van der Waals surface area contributed by atoms with Gasteiger partial charge >= 0.3 is 0 Å². The van der Waals surface area contributed by atoms with Crippen LogP contribution in [0.4, 0.5) is 0 Å². The van der Waals surface area contributed by atoms with Gasteiger partial charge in [0.2, 0.25) is 0 Å². The topological polar surface area (TPSA) is 66.9 Å². The molecular weight excluding hydrogens is 298 g/mol. The highest BCUT2D eigenvalue weighted by Gasteiger charge is 2.41. The maximum atomic E-state index is 6.06. The summed E-state index contributed by atoms with van der Waals surface area (Å²) in [5, 5.41) is 10.4. The molecule has 22 heavy (non-hydrogen) atoms. The van der Waals surface area contributed by atoms with Gasteiger partial charge in [-0.15, -0.1) is 11.3 Å². The minimum Gasteiger partial charge on any atom is -0.377 e. The van der Waals surface area contributed by atoms with Gasteiger partial charge in [0.05, 0.1) is 19.3 Å². The molecule has 4 rings (SSSR count). The Labute approximate surface area is 133 Å². The molecular formula is C15H21N5OS. The molecule has 3 atom stereocenters. The first-order valence-corrected chi connectivity index (χ1v) is 8.76. The van der Waals surface area contributed by atoms with Crippen LogP contribution in [0.1, 0.15) is 23.1 Å². The molecule has 7 heteroatoms. The van der Waals surface area contributed by atoms with E-state index in [0.717, 1.165) is 44.3 Å². The first kappa shape index (κ1) is 14.3.